The van der Waals surface area contributed by atoms with Gasteiger partial charge in [0.25, 0.3) is 0 Å². The molecule has 1 N–H and O–H groups in total. The molecule has 6 heteroatoms. The van der Waals surface area contributed by atoms with Crippen molar-refractivity contribution < 1.29 is 18.3 Å². The van der Waals surface area contributed by atoms with E-state index in [9.17, 15) is 4.21 Å². The zero-order chi connectivity index (χ0) is 9.68. The van der Waals surface area contributed by atoms with Gasteiger partial charge >= 0.3 is 0 Å². The van der Waals surface area contributed by atoms with E-state index in [1.807, 2.05) is 0 Å². The second kappa shape index (κ2) is 4.68. The smallest absolute Gasteiger partial charge is 0.119 e. The van der Waals surface area contributed by atoms with Crippen molar-refractivity contribution in [3.8, 4) is 11.5 Å². The molecule has 1 aromatic carbocycles. The van der Waals surface area contributed by atoms with Crippen LogP contribution in [0.15, 0.2) is 28.8 Å². The molecule has 0 unspecified atom stereocenters. The van der Waals surface area contributed by atoms with Crippen LogP contribution in [0.25, 0.3) is 0 Å². The van der Waals surface area contributed by atoms with Gasteiger partial charge in [0.2, 0.25) is 0 Å². The van der Waals surface area contributed by atoms with Gasteiger partial charge in [0.05, 0.1) is 7.11 Å². The highest BCUT2D eigenvalue weighted by molar-refractivity contribution is 7.69. The van der Waals surface area contributed by atoms with Gasteiger partial charge in [0.1, 0.15) is 11.5 Å². The van der Waals surface area contributed by atoms with Gasteiger partial charge in [0, 0.05) is 10.9 Å². The molecular weight excluding hydrogens is 194 g/mol. The van der Waals surface area contributed by atoms with Crippen LogP contribution in [0.5, 0.6) is 11.5 Å². The number of rotatable bonds is 3. The van der Waals surface area contributed by atoms with Gasteiger partial charge < -0.3 is 13.1 Å². The van der Waals surface area contributed by atoms with Gasteiger partial charge in [0.15, 0.2) is 0 Å². The highest BCUT2D eigenvalue weighted by atomic mass is 32.2. The van der Waals surface area contributed by atoms with Crippen LogP contribution in [0.4, 0.5) is 0 Å². The number of methoxy groups -OCH3 is 1. The molecule has 72 valence electrons. The highest BCUT2D eigenvalue weighted by Gasteiger charge is 1.90. The standard InChI is InChI=1S/C7H8NO4S/c1-11-6-2-4-7(5-3-6)12-13(10)8-9/h2-5,9H,1H3/q-1. The third kappa shape index (κ3) is 2.92. The molecule has 0 aliphatic rings. The molecular formula is C7H8NO4S-. The Hall–Kier alpha value is -1.27. The van der Waals surface area contributed by atoms with Gasteiger partial charge in [-0.1, -0.05) is 0 Å². The Balaban J connectivity index is 2.75. The largest absolute Gasteiger partial charge is 0.545 e. The SMILES string of the molecule is COc1ccc(O[S-](=O)=NO)cc1. The van der Waals surface area contributed by atoms with Crippen molar-refractivity contribution in [2.24, 2.45) is 4.53 Å². The molecule has 0 bridgehead atoms. The summed E-state index contributed by atoms with van der Waals surface area (Å²) in [5.41, 5.74) is 0. The topological polar surface area (TPSA) is 68.1 Å². The molecule has 0 radical (unpaired) electrons. The van der Waals surface area contributed by atoms with Gasteiger partial charge in [-0.2, -0.15) is 0 Å². The lowest BCUT2D eigenvalue weighted by Gasteiger charge is -2.07. The lowest BCUT2D eigenvalue weighted by Crippen LogP contribution is -1.89. The van der Waals surface area contributed by atoms with Crippen molar-refractivity contribution in [1.82, 2.24) is 0 Å². The van der Waals surface area contributed by atoms with Gasteiger partial charge in [-0.25, -0.2) is 4.53 Å². The molecule has 13 heavy (non-hydrogen) atoms. The minimum Gasteiger partial charge on any atom is -0.545 e. The Morgan fingerprint density at radius 3 is 2.31 bits per heavy atom. The first kappa shape index (κ1) is 9.82. The summed E-state index contributed by atoms with van der Waals surface area (Å²) in [7, 11) is -0.508. The fourth-order valence-electron chi connectivity index (χ4n) is 0.730. The molecule has 0 saturated heterocycles. The Labute approximate surface area is 77.3 Å². The monoisotopic (exact) mass is 202 g/mol. The normalized spacial score (nSPS) is 12.5. The van der Waals surface area contributed by atoms with Crippen LogP contribution in [-0.4, -0.2) is 12.3 Å². The van der Waals surface area contributed by atoms with Crippen LogP contribution < -0.4 is 8.92 Å². The molecule has 0 spiro atoms. The van der Waals surface area contributed by atoms with E-state index in [0.29, 0.717) is 11.5 Å². The van der Waals surface area contributed by atoms with Crippen LogP contribution in [0, 0.1) is 0 Å². The quantitative estimate of drug-likeness (QED) is 0.596. The van der Waals surface area contributed by atoms with Crippen LogP contribution in [0.3, 0.4) is 0 Å². The van der Waals surface area contributed by atoms with Crippen LogP contribution >= 0.6 is 0 Å². The van der Waals surface area contributed by atoms with Crippen molar-refractivity contribution in [2.75, 3.05) is 7.11 Å². The predicted octanol–water partition coefficient (Wildman–Crippen LogP) is 1.53. The highest BCUT2D eigenvalue weighted by Crippen LogP contribution is 2.16. The van der Waals surface area contributed by atoms with Crippen LogP contribution in [0.2, 0.25) is 0 Å². The van der Waals surface area contributed by atoms with Gasteiger partial charge in [-0.3, -0.25) is 5.21 Å². The van der Waals surface area contributed by atoms with E-state index in [1.54, 1.807) is 24.3 Å². The summed E-state index contributed by atoms with van der Waals surface area (Å²) in [5.74, 6) is 1.01. The van der Waals surface area contributed by atoms with Crippen LogP contribution in [-0.2, 0) is 15.1 Å². The lowest BCUT2D eigenvalue weighted by atomic mass is 10.3. The van der Waals surface area contributed by atoms with Crippen molar-refractivity contribution in [3.05, 3.63) is 24.3 Å². The number of hydrogen-bond acceptors (Lipinski definition) is 5. The third-order valence-corrected chi connectivity index (χ3v) is 1.76. The molecule has 0 aliphatic carbocycles. The van der Waals surface area contributed by atoms with E-state index in [0.717, 1.165) is 0 Å². The van der Waals surface area contributed by atoms with Crippen molar-refractivity contribution in [3.63, 3.8) is 0 Å². The number of nitrogens with zero attached hydrogens (tertiary/aromatic N) is 1. The van der Waals surface area contributed by atoms with E-state index < -0.39 is 10.9 Å². The molecule has 1 rings (SSSR count). The van der Waals surface area contributed by atoms with Crippen molar-refractivity contribution in [1.29, 1.82) is 0 Å². The number of benzene rings is 1. The predicted molar refractivity (Wildman–Crippen MR) is 45.9 cm³/mol. The maximum absolute atomic E-state index is 10.6. The Morgan fingerprint density at radius 1 is 1.31 bits per heavy atom. The average Bonchev–Trinajstić information content (AvgIpc) is 2.19. The molecule has 0 atom stereocenters. The first-order valence-corrected chi connectivity index (χ1v) is 4.39. The van der Waals surface area contributed by atoms with E-state index >= 15 is 0 Å². The first-order valence-electron chi connectivity index (χ1n) is 3.35. The third-order valence-electron chi connectivity index (χ3n) is 1.29. The second-order valence-electron chi connectivity index (χ2n) is 2.06. The summed E-state index contributed by atoms with van der Waals surface area (Å²) >= 11 is 0. The zero-order valence-corrected chi connectivity index (χ0v) is 7.65. The molecule has 0 aromatic heterocycles. The minimum absolute atomic E-state index is 0.344. The maximum atomic E-state index is 10.6. The summed E-state index contributed by atoms with van der Waals surface area (Å²) < 4.78 is 22.6. The minimum atomic E-state index is -2.05. The maximum Gasteiger partial charge on any atom is 0.119 e. The fourth-order valence-corrected chi connectivity index (χ4v) is 1.04. The molecule has 1 aromatic rings. The molecule has 0 saturated carbocycles. The van der Waals surface area contributed by atoms with Crippen molar-refractivity contribution >= 4 is 10.9 Å². The lowest BCUT2D eigenvalue weighted by molar-refractivity contribution is 0.318. The fraction of sp³-hybridized carbons (Fsp3) is 0.143. The summed E-state index contributed by atoms with van der Waals surface area (Å²) in [6, 6.07) is 6.40. The number of ether oxygens (including phenoxy) is 1. The summed E-state index contributed by atoms with van der Waals surface area (Å²) in [5, 5.41) is 8.07. The second-order valence-corrected chi connectivity index (χ2v) is 2.82. The van der Waals surface area contributed by atoms with Gasteiger partial charge in [-0.05, 0) is 24.3 Å². The molecule has 0 fully saturated rings. The first-order chi connectivity index (χ1) is 6.26. The summed E-state index contributed by atoms with van der Waals surface area (Å²) in [6.07, 6.45) is 0. The molecule has 0 heterocycles. The number of hydrogen-bond donors (Lipinski definition) is 1. The van der Waals surface area contributed by atoms with Crippen LogP contribution in [0.1, 0.15) is 0 Å². The van der Waals surface area contributed by atoms with Gasteiger partial charge in [-0.15, -0.1) is 0 Å². The van der Waals surface area contributed by atoms with E-state index in [-0.39, 0.29) is 0 Å². The Bertz CT molecular complexity index is 342. The molecule has 0 amide bonds. The average molecular weight is 202 g/mol. The molecule has 5 nitrogen and oxygen atoms in total. The summed E-state index contributed by atoms with van der Waals surface area (Å²) in [6.45, 7) is 0. The zero-order valence-electron chi connectivity index (χ0n) is 6.84. The van der Waals surface area contributed by atoms with E-state index in [4.69, 9.17) is 9.94 Å². The van der Waals surface area contributed by atoms with Crippen molar-refractivity contribution in [2.45, 2.75) is 0 Å². The van der Waals surface area contributed by atoms with E-state index in [2.05, 4.69) is 8.71 Å². The Kier molecular flexibility index (Phi) is 3.53. The summed E-state index contributed by atoms with van der Waals surface area (Å²) in [4.78, 5) is 0. The molecule has 0 aliphatic heterocycles. The Morgan fingerprint density at radius 2 is 1.85 bits per heavy atom. The van der Waals surface area contributed by atoms with E-state index in [1.165, 1.54) is 7.11 Å².